The highest BCUT2D eigenvalue weighted by Gasteiger charge is 2.41. The molecule has 2 atom stereocenters. The molecule has 19 heavy (non-hydrogen) atoms. The number of fused-ring (bicyclic) bond motifs is 2. The van der Waals surface area contributed by atoms with Gasteiger partial charge in [-0.25, -0.2) is 9.97 Å². The first-order valence-corrected chi connectivity index (χ1v) is 6.99. The van der Waals surface area contributed by atoms with Gasteiger partial charge in [-0.3, -0.25) is 4.79 Å². The second kappa shape index (κ2) is 4.47. The van der Waals surface area contributed by atoms with E-state index in [4.69, 9.17) is 5.73 Å². The maximum atomic E-state index is 12.6. The monoisotopic (exact) mass is 260 g/mol. The van der Waals surface area contributed by atoms with E-state index in [1.807, 2.05) is 18.7 Å². The molecule has 5 nitrogen and oxygen atoms in total. The van der Waals surface area contributed by atoms with Crippen molar-refractivity contribution in [1.82, 2.24) is 14.9 Å². The number of piperidine rings is 1. The van der Waals surface area contributed by atoms with Gasteiger partial charge in [0.05, 0.1) is 11.9 Å². The third-order valence-electron chi connectivity index (χ3n) is 4.22. The Morgan fingerprint density at radius 2 is 2.26 bits per heavy atom. The summed E-state index contributed by atoms with van der Waals surface area (Å²) in [7, 11) is 0. The van der Waals surface area contributed by atoms with Crippen molar-refractivity contribution in [3.63, 3.8) is 0 Å². The van der Waals surface area contributed by atoms with E-state index in [1.165, 1.54) is 6.42 Å². The van der Waals surface area contributed by atoms with Gasteiger partial charge in [0, 0.05) is 18.5 Å². The smallest absolute Gasteiger partial charge is 0.274 e. The van der Waals surface area contributed by atoms with Gasteiger partial charge < -0.3 is 10.6 Å². The summed E-state index contributed by atoms with van der Waals surface area (Å²) in [6.07, 6.45) is 5.08. The molecule has 2 heterocycles. The number of carbonyl (C=O) groups excluding carboxylic acids is 1. The van der Waals surface area contributed by atoms with E-state index in [9.17, 15) is 4.79 Å². The largest absolute Gasteiger partial charge is 0.396 e. The normalized spacial score (nSPS) is 25.3. The molecule has 2 N–H and O–H groups in total. The highest BCUT2D eigenvalue weighted by Crippen LogP contribution is 2.38. The number of hydrogen-bond acceptors (Lipinski definition) is 4. The van der Waals surface area contributed by atoms with E-state index < -0.39 is 0 Å². The van der Waals surface area contributed by atoms with Crippen LogP contribution in [-0.2, 0) is 0 Å². The number of anilines is 1. The first-order chi connectivity index (χ1) is 9.06. The molecule has 5 heteroatoms. The molecule has 2 aliphatic rings. The van der Waals surface area contributed by atoms with Crippen molar-refractivity contribution in [2.45, 2.75) is 45.1 Å². The zero-order chi connectivity index (χ0) is 13.6. The Morgan fingerprint density at radius 1 is 1.47 bits per heavy atom. The standard InChI is InChI=1S/C14H20N4O/c1-8(2)13-16-6-11(15)12(17-13)14(19)18-7-9-3-4-10(18)5-9/h6,8-10H,3-5,7,15H2,1-2H3. The predicted octanol–water partition coefficient (Wildman–Crippen LogP) is 1.81. The highest BCUT2D eigenvalue weighted by atomic mass is 16.2. The molecule has 0 aromatic carbocycles. The van der Waals surface area contributed by atoms with Crippen LogP contribution < -0.4 is 5.73 Å². The second-order valence-corrected chi connectivity index (χ2v) is 5.98. The molecule has 1 aliphatic heterocycles. The van der Waals surface area contributed by atoms with Gasteiger partial charge in [0.25, 0.3) is 5.91 Å². The van der Waals surface area contributed by atoms with Gasteiger partial charge in [-0.1, -0.05) is 13.8 Å². The van der Waals surface area contributed by atoms with Crippen LogP contribution in [0.15, 0.2) is 6.20 Å². The molecule has 0 radical (unpaired) electrons. The Morgan fingerprint density at radius 3 is 2.84 bits per heavy atom. The lowest BCUT2D eigenvalue weighted by molar-refractivity contribution is 0.0698. The van der Waals surface area contributed by atoms with E-state index in [0.29, 0.717) is 29.2 Å². The van der Waals surface area contributed by atoms with Crippen molar-refractivity contribution in [2.75, 3.05) is 12.3 Å². The van der Waals surface area contributed by atoms with E-state index in [2.05, 4.69) is 9.97 Å². The zero-order valence-corrected chi connectivity index (χ0v) is 11.5. The van der Waals surface area contributed by atoms with E-state index in [-0.39, 0.29) is 11.8 Å². The summed E-state index contributed by atoms with van der Waals surface area (Å²) in [6.45, 7) is 4.89. The van der Waals surface area contributed by atoms with Crippen LogP contribution in [0.1, 0.15) is 55.3 Å². The van der Waals surface area contributed by atoms with E-state index >= 15 is 0 Å². The Labute approximate surface area is 113 Å². The van der Waals surface area contributed by atoms with Crippen LogP contribution >= 0.6 is 0 Å². The number of aromatic nitrogens is 2. The van der Waals surface area contributed by atoms with Crippen molar-refractivity contribution >= 4 is 11.6 Å². The summed E-state index contributed by atoms with van der Waals surface area (Å²) in [5.41, 5.74) is 6.65. The average molecular weight is 260 g/mol. The van der Waals surface area contributed by atoms with Crippen molar-refractivity contribution in [3.8, 4) is 0 Å². The van der Waals surface area contributed by atoms with Crippen LogP contribution in [0, 0.1) is 5.92 Å². The molecule has 1 aliphatic carbocycles. The average Bonchev–Trinajstić information content (AvgIpc) is 3.00. The fourth-order valence-electron chi connectivity index (χ4n) is 3.16. The van der Waals surface area contributed by atoms with E-state index in [1.54, 1.807) is 6.20 Å². The van der Waals surface area contributed by atoms with Gasteiger partial charge in [0.1, 0.15) is 5.82 Å². The molecular formula is C14H20N4O. The maximum Gasteiger partial charge on any atom is 0.274 e. The summed E-state index contributed by atoms with van der Waals surface area (Å²) in [5, 5.41) is 0. The fraction of sp³-hybridized carbons (Fsp3) is 0.643. The number of likely N-dealkylation sites (tertiary alicyclic amines) is 1. The molecule has 0 spiro atoms. The fourth-order valence-corrected chi connectivity index (χ4v) is 3.16. The molecule has 102 valence electrons. The molecule has 2 unspecified atom stereocenters. The lowest BCUT2D eigenvalue weighted by Gasteiger charge is -2.27. The summed E-state index contributed by atoms with van der Waals surface area (Å²) in [5.74, 6) is 1.54. The number of nitrogens with two attached hydrogens (primary N) is 1. The number of carbonyl (C=O) groups is 1. The van der Waals surface area contributed by atoms with Crippen LogP contribution in [0.3, 0.4) is 0 Å². The molecule has 1 aromatic heterocycles. The minimum Gasteiger partial charge on any atom is -0.396 e. The Bertz CT molecular complexity index is 514. The number of amides is 1. The van der Waals surface area contributed by atoms with Gasteiger partial charge in [0.15, 0.2) is 5.69 Å². The third-order valence-corrected chi connectivity index (χ3v) is 4.22. The third kappa shape index (κ3) is 2.07. The van der Waals surface area contributed by atoms with Crippen LogP contribution in [0.4, 0.5) is 5.69 Å². The second-order valence-electron chi connectivity index (χ2n) is 5.98. The quantitative estimate of drug-likeness (QED) is 0.880. The van der Waals surface area contributed by atoms with Crippen molar-refractivity contribution < 1.29 is 4.79 Å². The van der Waals surface area contributed by atoms with Crippen LogP contribution in [0.25, 0.3) is 0 Å². The first-order valence-electron chi connectivity index (χ1n) is 6.99. The van der Waals surface area contributed by atoms with Crippen molar-refractivity contribution in [1.29, 1.82) is 0 Å². The molecule has 1 amide bonds. The molecule has 1 saturated carbocycles. The topological polar surface area (TPSA) is 72.1 Å². The molecular weight excluding hydrogens is 240 g/mol. The molecule has 2 bridgehead atoms. The van der Waals surface area contributed by atoms with Crippen molar-refractivity contribution in [2.24, 2.45) is 5.92 Å². The molecule has 1 aromatic rings. The van der Waals surface area contributed by atoms with E-state index in [0.717, 1.165) is 19.4 Å². The van der Waals surface area contributed by atoms with Crippen LogP contribution in [-0.4, -0.2) is 33.4 Å². The lowest BCUT2D eigenvalue weighted by Crippen LogP contribution is -2.38. The SMILES string of the molecule is CC(C)c1ncc(N)c(C(=O)N2CC3CCC2C3)n1. The summed E-state index contributed by atoms with van der Waals surface area (Å²) in [6, 6.07) is 0.398. The molecule has 2 fully saturated rings. The van der Waals surface area contributed by atoms with Gasteiger partial charge in [-0.2, -0.15) is 0 Å². The van der Waals surface area contributed by atoms with Crippen LogP contribution in [0.5, 0.6) is 0 Å². The summed E-state index contributed by atoms with van der Waals surface area (Å²) in [4.78, 5) is 23.1. The van der Waals surface area contributed by atoms with Crippen LogP contribution in [0.2, 0.25) is 0 Å². The summed E-state index contributed by atoms with van der Waals surface area (Å²) < 4.78 is 0. The summed E-state index contributed by atoms with van der Waals surface area (Å²) >= 11 is 0. The molecule has 1 saturated heterocycles. The Kier molecular flexibility index (Phi) is 2.92. The number of hydrogen-bond donors (Lipinski definition) is 1. The number of rotatable bonds is 2. The predicted molar refractivity (Wildman–Crippen MR) is 72.7 cm³/mol. The zero-order valence-electron chi connectivity index (χ0n) is 11.5. The minimum atomic E-state index is -0.0194. The van der Waals surface area contributed by atoms with Crippen molar-refractivity contribution in [3.05, 3.63) is 17.7 Å². The minimum absolute atomic E-state index is 0.0194. The van der Waals surface area contributed by atoms with Gasteiger partial charge in [0.2, 0.25) is 0 Å². The Hall–Kier alpha value is -1.65. The lowest BCUT2D eigenvalue weighted by atomic mass is 10.1. The first kappa shape index (κ1) is 12.4. The highest BCUT2D eigenvalue weighted by molar-refractivity contribution is 5.97. The van der Waals surface area contributed by atoms with Gasteiger partial charge in [-0.15, -0.1) is 0 Å². The number of nitrogen functional groups attached to an aromatic ring is 1. The Balaban J connectivity index is 1.89. The maximum absolute atomic E-state index is 12.6. The number of nitrogens with zero attached hydrogens (tertiary/aromatic N) is 3. The van der Waals surface area contributed by atoms with Gasteiger partial charge in [-0.05, 0) is 25.2 Å². The van der Waals surface area contributed by atoms with Gasteiger partial charge >= 0.3 is 0 Å². The molecule has 3 rings (SSSR count).